The first-order valence-corrected chi connectivity index (χ1v) is 10.6. The molecule has 8 heteroatoms. The second-order valence-corrected chi connectivity index (χ2v) is 7.71. The smallest absolute Gasteiger partial charge is 0.260 e. The van der Waals surface area contributed by atoms with Gasteiger partial charge in [-0.05, 0) is 36.8 Å². The Kier molecular flexibility index (Phi) is 6.49. The first-order valence-electron chi connectivity index (χ1n) is 10.6. The lowest BCUT2D eigenvalue weighted by Crippen LogP contribution is -2.22. The lowest BCUT2D eigenvalue weighted by molar-refractivity contribution is 0.102. The average Bonchev–Trinajstić information content (AvgIpc) is 2.85. The van der Waals surface area contributed by atoms with Crippen LogP contribution in [-0.2, 0) is 6.54 Å². The Hall–Kier alpha value is -4.33. The third kappa shape index (κ3) is 4.71. The standard InChI is InChI=1S/C26H25N3O5/c1-16-22(25(30)28-18-11-20(33-3)13-21(12-18)34-4)14-23-24(27-16)9-10-29(26(23)31)15-17-5-7-19(32-2)8-6-17/h5-14H,15H2,1-4H3,(H,28,30). The van der Waals surface area contributed by atoms with Gasteiger partial charge in [-0.25, -0.2) is 0 Å². The van der Waals surface area contributed by atoms with E-state index in [4.69, 9.17) is 14.2 Å². The third-order valence-corrected chi connectivity index (χ3v) is 5.51. The number of aromatic nitrogens is 2. The maximum absolute atomic E-state index is 13.2. The molecule has 0 saturated carbocycles. The van der Waals surface area contributed by atoms with Crippen LogP contribution in [0.5, 0.6) is 17.2 Å². The predicted molar refractivity (Wildman–Crippen MR) is 130 cm³/mol. The number of hydrogen-bond acceptors (Lipinski definition) is 6. The van der Waals surface area contributed by atoms with E-state index in [2.05, 4.69) is 10.3 Å². The highest BCUT2D eigenvalue weighted by Crippen LogP contribution is 2.26. The van der Waals surface area contributed by atoms with Crippen molar-refractivity contribution in [2.45, 2.75) is 13.5 Å². The average molecular weight is 460 g/mol. The number of anilines is 1. The van der Waals surface area contributed by atoms with Crippen molar-refractivity contribution in [3.05, 3.63) is 88.0 Å². The Bertz CT molecular complexity index is 1390. The van der Waals surface area contributed by atoms with Crippen molar-refractivity contribution < 1.29 is 19.0 Å². The number of fused-ring (bicyclic) bond motifs is 1. The number of benzene rings is 2. The van der Waals surface area contributed by atoms with Gasteiger partial charge in [-0.15, -0.1) is 0 Å². The summed E-state index contributed by atoms with van der Waals surface area (Å²) in [4.78, 5) is 30.8. The van der Waals surface area contributed by atoms with Crippen LogP contribution in [0.4, 0.5) is 5.69 Å². The van der Waals surface area contributed by atoms with Crippen molar-refractivity contribution >= 4 is 22.5 Å². The molecule has 2 aromatic carbocycles. The molecule has 1 amide bonds. The molecule has 174 valence electrons. The van der Waals surface area contributed by atoms with Crippen LogP contribution < -0.4 is 25.1 Å². The van der Waals surface area contributed by atoms with E-state index in [1.165, 1.54) is 14.2 Å². The molecule has 0 aliphatic carbocycles. The van der Waals surface area contributed by atoms with Gasteiger partial charge in [0.05, 0.1) is 50.0 Å². The number of aryl methyl sites for hydroxylation is 1. The molecule has 34 heavy (non-hydrogen) atoms. The fourth-order valence-electron chi connectivity index (χ4n) is 3.67. The molecule has 0 bridgehead atoms. The third-order valence-electron chi connectivity index (χ3n) is 5.51. The Morgan fingerprint density at radius 3 is 2.18 bits per heavy atom. The number of carbonyl (C=O) groups is 1. The van der Waals surface area contributed by atoms with E-state index in [1.807, 2.05) is 24.3 Å². The number of rotatable bonds is 7. The number of ether oxygens (including phenoxy) is 3. The van der Waals surface area contributed by atoms with Crippen LogP contribution in [0.3, 0.4) is 0 Å². The van der Waals surface area contributed by atoms with Gasteiger partial charge in [0.1, 0.15) is 17.2 Å². The summed E-state index contributed by atoms with van der Waals surface area (Å²) in [5.41, 5.74) is 2.60. The van der Waals surface area contributed by atoms with Gasteiger partial charge in [0.25, 0.3) is 11.5 Å². The van der Waals surface area contributed by atoms with E-state index >= 15 is 0 Å². The maximum Gasteiger partial charge on any atom is 0.260 e. The molecule has 4 aromatic rings. The molecule has 0 unspecified atom stereocenters. The number of amides is 1. The first-order chi connectivity index (χ1) is 16.4. The van der Waals surface area contributed by atoms with E-state index in [1.54, 1.807) is 55.1 Å². The van der Waals surface area contributed by atoms with Crippen LogP contribution >= 0.6 is 0 Å². The highest BCUT2D eigenvalue weighted by molar-refractivity contribution is 6.06. The normalized spacial score (nSPS) is 10.7. The van der Waals surface area contributed by atoms with Gasteiger partial charge < -0.3 is 24.1 Å². The molecule has 0 fully saturated rings. The minimum Gasteiger partial charge on any atom is -0.497 e. The molecule has 0 spiro atoms. The summed E-state index contributed by atoms with van der Waals surface area (Å²) in [6.45, 7) is 2.13. The van der Waals surface area contributed by atoms with Crippen LogP contribution in [0, 0.1) is 6.92 Å². The Morgan fingerprint density at radius 1 is 0.912 bits per heavy atom. The van der Waals surface area contributed by atoms with E-state index in [0.29, 0.717) is 45.9 Å². The second-order valence-electron chi connectivity index (χ2n) is 7.71. The van der Waals surface area contributed by atoms with E-state index in [9.17, 15) is 9.59 Å². The SMILES string of the molecule is COc1ccc(Cn2ccc3nc(C)c(C(=O)Nc4cc(OC)cc(OC)c4)cc3c2=O)cc1. The minimum atomic E-state index is -0.382. The van der Waals surface area contributed by atoms with Gasteiger partial charge in [0.15, 0.2) is 0 Å². The molecule has 2 heterocycles. The Labute approximate surface area is 196 Å². The fourth-order valence-corrected chi connectivity index (χ4v) is 3.67. The van der Waals surface area contributed by atoms with E-state index < -0.39 is 0 Å². The molecule has 2 aromatic heterocycles. The van der Waals surface area contributed by atoms with Crippen molar-refractivity contribution in [1.82, 2.24) is 9.55 Å². The minimum absolute atomic E-state index is 0.224. The van der Waals surface area contributed by atoms with Crippen LogP contribution in [0.25, 0.3) is 10.9 Å². The molecular formula is C26H25N3O5. The molecule has 8 nitrogen and oxygen atoms in total. The maximum atomic E-state index is 13.2. The Balaban J connectivity index is 1.67. The largest absolute Gasteiger partial charge is 0.497 e. The van der Waals surface area contributed by atoms with Crippen LogP contribution in [0.2, 0.25) is 0 Å². The number of hydrogen-bond donors (Lipinski definition) is 1. The molecule has 0 aliphatic rings. The molecule has 0 aliphatic heterocycles. The fraction of sp³-hybridized carbons (Fsp3) is 0.192. The van der Waals surface area contributed by atoms with Crippen LogP contribution in [-0.4, -0.2) is 36.8 Å². The first kappa shape index (κ1) is 22.8. The summed E-state index contributed by atoms with van der Waals surface area (Å²) in [7, 11) is 4.68. The summed E-state index contributed by atoms with van der Waals surface area (Å²) in [6, 6.07) is 16.0. The van der Waals surface area contributed by atoms with Crippen molar-refractivity contribution in [1.29, 1.82) is 0 Å². The molecule has 4 rings (SSSR count). The van der Waals surface area contributed by atoms with Gasteiger partial charge in [-0.1, -0.05) is 12.1 Å². The van der Waals surface area contributed by atoms with Crippen molar-refractivity contribution in [3.8, 4) is 17.2 Å². The molecule has 0 atom stereocenters. The lowest BCUT2D eigenvalue weighted by Gasteiger charge is -2.12. The summed E-state index contributed by atoms with van der Waals surface area (Å²) in [5.74, 6) is 1.46. The zero-order valence-electron chi connectivity index (χ0n) is 19.4. The molecule has 0 saturated heterocycles. The van der Waals surface area contributed by atoms with Gasteiger partial charge in [0.2, 0.25) is 0 Å². The van der Waals surface area contributed by atoms with Gasteiger partial charge >= 0.3 is 0 Å². The monoisotopic (exact) mass is 459 g/mol. The molecule has 1 N–H and O–H groups in total. The second kappa shape index (κ2) is 9.66. The van der Waals surface area contributed by atoms with Gasteiger partial charge in [-0.2, -0.15) is 0 Å². The Morgan fingerprint density at radius 2 is 1.56 bits per heavy atom. The number of pyridine rings is 2. The number of carbonyl (C=O) groups excluding carboxylic acids is 1. The van der Waals surface area contributed by atoms with Gasteiger partial charge in [-0.3, -0.25) is 14.6 Å². The summed E-state index contributed by atoms with van der Waals surface area (Å²) >= 11 is 0. The highest BCUT2D eigenvalue weighted by atomic mass is 16.5. The quantitative estimate of drug-likeness (QED) is 0.449. The number of methoxy groups -OCH3 is 3. The van der Waals surface area contributed by atoms with Crippen molar-refractivity contribution in [2.24, 2.45) is 0 Å². The lowest BCUT2D eigenvalue weighted by atomic mass is 10.1. The summed E-state index contributed by atoms with van der Waals surface area (Å²) in [6.07, 6.45) is 1.71. The topological polar surface area (TPSA) is 91.7 Å². The van der Waals surface area contributed by atoms with Crippen LogP contribution in [0.15, 0.2) is 65.6 Å². The molecular weight excluding hydrogens is 434 g/mol. The van der Waals surface area contributed by atoms with Crippen molar-refractivity contribution in [3.63, 3.8) is 0 Å². The van der Waals surface area contributed by atoms with E-state index in [0.717, 1.165) is 11.3 Å². The number of nitrogens with one attached hydrogen (secondary N) is 1. The summed E-state index contributed by atoms with van der Waals surface area (Å²) in [5, 5.41) is 3.21. The highest BCUT2D eigenvalue weighted by Gasteiger charge is 2.15. The zero-order chi connectivity index (χ0) is 24.2. The van der Waals surface area contributed by atoms with Crippen LogP contribution in [0.1, 0.15) is 21.6 Å². The van der Waals surface area contributed by atoms with Crippen molar-refractivity contribution in [2.75, 3.05) is 26.6 Å². The predicted octanol–water partition coefficient (Wildman–Crippen LogP) is 4.03. The van der Waals surface area contributed by atoms with E-state index in [-0.39, 0.29) is 11.5 Å². The number of nitrogens with zero attached hydrogens (tertiary/aromatic N) is 2. The zero-order valence-corrected chi connectivity index (χ0v) is 19.4. The summed E-state index contributed by atoms with van der Waals surface area (Å²) < 4.78 is 17.3. The molecule has 0 radical (unpaired) electrons. The van der Waals surface area contributed by atoms with Gasteiger partial charge in [0, 0.05) is 30.1 Å².